The zero-order valence-corrected chi connectivity index (χ0v) is 23.3. The lowest BCUT2D eigenvalue weighted by Crippen LogP contribution is -2.37. The molecule has 40 heavy (non-hydrogen) atoms. The van der Waals surface area contributed by atoms with Gasteiger partial charge < -0.3 is 0 Å². The van der Waals surface area contributed by atoms with Crippen molar-refractivity contribution in [1.82, 2.24) is 9.97 Å². The molecule has 0 saturated carbocycles. The molecule has 0 saturated heterocycles. The molecular weight excluding hydrogens is 501 g/mol. The second kappa shape index (κ2) is 9.11. The van der Waals surface area contributed by atoms with Gasteiger partial charge in [-0.3, -0.25) is 0 Å². The molecule has 0 fully saturated rings. The van der Waals surface area contributed by atoms with Crippen LogP contribution >= 0.6 is 0 Å². The molecule has 188 valence electrons. The molecule has 1 aliphatic heterocycles. The van der Waals surface area contributed by atoms with Crippen molar-refractivity contribution in [3.63, 3.8) is 0 Å². The SMILES string of the molecule is C[SiH]1c2c(-c3cccc(-c4ccccc4)c3)nc(-c3cccc4ccccc34)nc2-c2ccc3ccccc3c21. The number of hydrogen-bond donors (Lipinski definition) is 0. The van der Waals surface area contributed by atoms with E-state index < -0.39 is 8.80 Å². The van der Waals surface area contributed by atoms with Crippen LogP contribution in [0.5, 0.6) is 0 Å². The van der Waals surface area contributed by atoms with Gasteiger partial charge in [-0.25, -0.2) is 9.97 Å². The molecule has 1 aromatic heterocycles. The quantitative estimate of drug-likeness (QED) is 0.220. The fraction of sp³-hybridized carbons (Fsp3) is 0.0270. The Balaban J connectivity index is 1.43. The first-order valence-electron chi connectivity index (χ1n) is 13.8. The van der Waals surface area contributed by atoms with Crippen LogP contribution in [0.25, 0.3) is 66.6 Å². The van der Waals surface area contributed by atoms with Gasteiger partial charge in [0.2, 0.25) is 0 Å². The van der Waals surface area contributed by atoms with Crippen molar-refractivity contribution in [3.8, 4) is 45.0 Å². The Hall–Kier alpha value is -4.86. The summed E-state index contributed by atoms with van der Waals surface area (Å²) in [6, 6.07) is 47.7. The summed E-state index contributed by atoms with van der Waals surface area (Å²) in [4.78, 5) is 10.8. The molecular formula is C37H26N2Si. The van der Waals surface area contributed by atoms with Crippen molar-refractivity contribution in [2.45, 2.75) is 6.55 Å². The highest BCUT2D eigenvalue weighted by Gasteiger charge is 2.34. The third-order valence-corrected chi connectivity index (χ3v) is 11.2. The van der Waals surface area contributed by atoms with Crippen molar-refractivity contribution in [2.75, 3.05) is 0 Å². The van der Waals surface area contributed by atoms with E-state index in [1.165, 1.54) is 48.6 Å². The monoisotopic (exact) mass is 526 g/mol. The van der Waals surface area contributed by atoms with E-state index in [0.29, 0.717) is 0 Å². The Bertz CT molecular complexity index is 2080. The normalized spacial score (nSPS) is 13.9. The van der Waals surface area contributed by atoms with Gasteiger partial charge >= 0.3 is 0 Å². The van der Waals surface area contributed by atoms with Crippen LogP contribution in [0.4, 0.5) is 0 Å². The van der Waals surface area contributed by atoms with Gasteiger partial charge in [-0.1, -0.05) is 134 Å². The first-order chi connectivity index (χ1) is 19.8. The molecule has 0 amide bonds. The lowest BCUT2D eigenvalue weighted by atomic mass is 9.99. The molecule has 0 spiro atoms. The van der Waals surface area contributed by atoms with Crippen molar-refractivity contribution < 1.29 is 0 Å². The minimum atomic E-state index is -1.58. The molecule has 0 bridgehead atoms. The average molecular weight is 527 g/mol. The molecule has 0 radical (unpaired) electrons. The van der Waals surface area contributed by atoms with E-state index in [1.807, 2.05) is 0 Å². The number of rotatable bonds is 3. The van der Waals surface area contributed by atoms with E-state index in [4.69, 9.17) is 9.97 Å². The highest BCUT2D eigenvalue weighted by atomic mass is 28.3. The van der Waals surface area contributed by atoms with Crippen LogP contribution in [0.2, 0.25) is 6.55 Å². The Labute approximate surface area is 235 Å². The van der Waals surface area contributed by atoms with Crippen molar-refractivity contribution in [3.05, 3.63) is 133 Å². The average Bonchev–Trinajstić information content (AvgIpc) is 3.32. The standard InChI is InChI=1S/C37H26N2Si/c1-40-35-30-19-8-6-14-26(30)21-22-32(35)34-36(40)33(28-17-9-16-27(23-28)24-11-3-2-4-12-24)38-37(39-34)31-20-10-15-25-13-5-7-18-29(25)31/h2-23,40H,1H3. The molecule has 1 atom stereocenters. The Morgan fingerprint density at radius 2 is 1.07 bits per heavy atom. The van der Waals surface area contributed by atoms with Gasteiger partial charge in [0, 0.05) is 16.7 Å². The first kappa shape index (κ1) is 23.1. The molecule has 1 unspecified atom stereocenters. The van der Waals surface area contributed by atoms with E-state index in [2.05, 4.69) is 140 Å². The lowest BCUT2D eigenvalue weighted by Gasteiger charge is -2.15. The largest absolute Gasteiger partial charge is 0.228 e. The summed E-state index contributed by atoms with van der Waals surface area (Å²) in [6.07, 6.45) is 0. The fourth-order valence-corrected chi connectivity index (χ4v) is 9.42. The molecule has 8 rings (SSSR count). The maximum atomic E-state index is 5.41. The minimum absolute atomic E-state index is 0.790. The number of aromatic nitrogens is 2. The summed E-state index contributed by atoms with van der Waals surface area (Å²) in [5.41, 5.74) is 8.10. The molecule has 0 N–H and O–H groups in total. The summed E-state index contributed by atoms with van der Waals surface area (Å²) in [7, 11) is -1.58. The molecule has 3 heteroatoms. The molecule has 0 aliphatic carbocycles. The summed E-state index contributed by atoms with van der Waals surface area (Å²) < 4.78 is 0. The third-order valence-electron chi connectivity index (χ3n) is 8.31. The maximum absolute atomic E-state index is 5.41. The van der Waals surface area contributed by atoms with Gasteiger partial charge in [-0.2, -0.15) is 0 Å². The topological polar surface area (TPSA) is 25.8 Å². The maximum Gasteiger partial charge on any atom is 0.161 e. The molecule has 6 aromatic carbocycles. The van der Waals surface area contributed by atoms with Crippen LogP contribution in [-0.2, 0) is 0 Å². The predicted molar refractivity (Wildman–Crippen MR) is 171 cm³/mol. The van der Waals surface area contributed by atoms with Crippen molar-refractivity contribution in [1.29, 1.82) is 0 Å². The molecule has 2 nitrogen and oxygen atoms in total. The van der Waals surface area contributed by atoms with Gasteiger partial charge in [-0.15, -0.1) is 0 Å². The van der Waals surface area contributed by atoms with Crippen LogP contribution in [0, 0.1) is 0 Å². The predicted octanol–water partition coefficient (Wildman–Crippen LogP) is 7.74. The van der Waals surface area contributed by atoms with E-state index >= 15 is 0 Å². The summed E-state index contributed by atoms with van der Waals surface area (Å²) in [5, 5.41) is 7.86. The summed E-state index contributed by atoms with van der Waals surface area (Å²) in [6.45, 7) is 2.45. The fourth-order valence-electron chi connectivity index (χ4n) is 6.44. The van der Waals surface area contributed by atoms with Gasteiger partial charge in [0.05, 0.1) is 11.4 Å². The van der Waals surface area contributed by atoms with E-state index in [0.717, 1.165) is 28.3 Å². The molecule has 7 aromatic rings. The highest BCUT2D eigenvalue weighted by Crippen LogP contribution is 2.35. The Kier molecular flexibility index (Phi) is 5.25. The van der Waals surface area contributed by atoms with Gasteiger partial charge in [0.25, 0.3) is 0 Å². The van der Waals surface area contributed by atoms with Gasteiger partial charge in [0.15, 0.2) is 5.82 Å². The van der Waals surface area contributed by atoms with Crippen LogP contribution in [-0.4, -0.2) is 18.8 Å². The van der Waals surface area contributed by atoms with Gasteiger partial charge in [-0.05, 0) is 49.1 Å². The summed E-state index contributed by atoms with van der Waals surface area (Å²) >= 11 is 0. The van der Waals surface area contributed by atoms with Gasteiger partial charge in [0.1, 0.15) is 8.80 Å². The van der Waals surface area contributed by atoms with Crippen molar-refractivity contribution in [2.24, 2.45) is 0 Å². The number of benzene rings is 6. The Morgan fingerprint density at radius 3 is 1.93 bits per heavy atom. The number of hydrogen-bond acceptors (Lipinski definition) is 2. The van der Waals surface area contributed by atoms with Crippen LogP contribution in [0.3, 0.4) is 0 Å². The lowest BCUT2D eigenvalue weighted by molar-refractivity contribution is 1.21. The second-order valence-electron chi connectivity index (χ2n) is 10.6. The second-order valence-corrected chi connectivity index (χ2v) is 13.2. The minimum Gasteiger partial charge on any atom is -0.228 e. The zero-order valence-electron chi connectivity index (χ0n) is 22.2. The number of fused-ring (bicyclic) bond motifs is 6. The Morgan fingerprint density at radius 1 is 0.450 bits per heavy atom. The van der Waals surface area contributed by atoms with E-state index in [1.54, 1.807) is 0 Å². The smallest absolute Gasteiger partial charge is 0.161 e. The molecule has 1 aliphatic rings. The van der Waals surface area contributed by atoms with Crippen LogP contribution in [0.1, 0.15) is 0 Å². The third kappa shape index (κ3) is 3.55. The van der Waals surface area contributed by atoms with Crippen LogP contribution < -0.4 is 10.4 Å². The van der Waals surface area contributed by atoms with Crippen LogP contribution in [0.15, 0.2) is 133 Å². The van der Waals surface area contributed by atoms with E-state index in [-0.39, 0.29) is 0 Å². The summed E-state index contributed by atoms with van der Waals surface area (Å²) in [5.74, 6) is 0.790. The number of nitrogens with zero attached hydrogens (tertiary/aromatic N) is 2. The van der Waals surface area contributed by atoms with Crippen molar-refractivity contribution >= 4 is 40.7 Å². The molecule has 2 heterocycles. The first-order valence-corrected chi connectivity index (χ1v) is 16.1. The highest BCUT2D eigenvalue weighted by molar-refractivity contribution is 6.91. The van der Waals surface area contributed by atoms with E-state index in [9.17, 15) is 0 Å². The zero-order chi connectivity index (χ0) is 26.6.